The van der Waals surface area contributed by atoms with E-state index in [1.807, 2.05) is 29.7 Å². The predicted molar refractivity (Wildman–Crippen MR) is 119 cm³/mol. The van der Waals surface area contributed by atoms with Gasteiger partial charge in [0.1, 0.15) is 4.90 Å². The monoisotopic (exact) mass is 463 g/mol. The van der Waals surface area contributed by atoms with Gasteiger partial charge < -0.3 is 4.90 Å². The summed E-state index contributed by atoms with van der Waals surface area (Å²) in [6.07, 6.45) is 4.87. The number of carbonyl (C=O) groups is 1. The number of sulfonamides is 1. The standard InChI is InChI=1S/C21H33N7O3S/c1-16-19(13-24(3)23-16)14-26-8-10-27(11-9-26)21(29)18-6-5-7-28(15-18)32(30,31)20-12-22-25(4)17(20)2/h12-13,18H,5-11,14-15H2,1-4H3/t18-/m1/s1. The molecular formula is C21H33N7O3S. The Bertz CT molecular complexity index is 1080. The molecule has 32 heavy (non-hydrogen) atoms. The van der Waals surface area contributed by atoms with Gasteiger partial charge in [0.2, 0.25) is 15.9 Å². The topological polar surface area (TPSA) is 96.6 Å². The molecule has 2 fully saturated rings. The highest BCUT2D eigenvalue weighted by molar-refractivity contribution is 7.89. The molecule has 11 heteroatoms. The molecule has 2 aromatic rings. The molecule has 0 saturated carbocycles. The number of rotatable bonds is 5. The zero-order valence-electron chi connectivity index (χ0n) is 19.4. The first-order valence-electron chi connectivity index (χ1n) is 11.2. The van der Waals surface area contributed by atoms with Gasteiger partial charge in [-0.15, -0.1) is 0 Å². The third kappa shape index (κ3) is 4.46. The molecule has 0 unspecified atom stereocenters. The summed E-state index contributed by atoms with van der Waals surface area (Å²) < 4.78 is 31.1. The average molecular weight is 464 g/mol. The molecule has 4 rings (SSSR count). The zero-order chi connectivity index (χ0) is 23.0. The minimum absolute atomic E-state index is 0.0741. The van der Waals surface area contributed by atoms with E-state index in [1.54, 1.807) is 18.7 Å². The zero-order valence-corrected chi connectivity index (χ0v) is 20.2. The highest BCUT2D eigenvalue weighted by Gasteiger charge is 2.37. The summed E-state index contributed by atoms with van der Waals surface area (Å²) >= 11 is 0. The van der Waals surface area contributed by atoms with Crippen molar-refractivity contribution >= 4 is 15.9 Å². The second-order valence-electron chi connectivity index (χ2n) is 8.93. The Morgan fingerprint density at radius 2 is 1.84 bits per heavy atom. The van der Waals surface area contributed by atoms with Crippen LogP contribution in [-0.2, 0) is 35.5 Å². The molecular weight excluding hydrogens is 430 g/mol. The molecule has 1 amide bonds. The Kier molecular flexibility index (Phi) is 6.42. The van der Waals surface area contributed by atoms with Crippen molar-refractivity contribution in [1.29, 1.82) is 0 Å². The van der Waals surface area contributed by atoms with E-state index in [0.29, 0.717) is 31.7 Å². The van der Waals surface area contributed by atoms with Crippen molar-refractivity contribution in [2.75, 3.05) is 39.3 Å². The molecule has 0 aromatic carbocycles. The fraction of sp³-hybridized carbons (Fsp3) is 0.667. The molecule has 2 aliphatic rings. The molecule has 0 radical (unpaired) electrons. The van der Waals surface area contributed by atoms with Gasteiger partial charge in [-0.3, -0.25) is 19.1 Å². The fourth-order valence-electron chi connectivity index (χ4n) is 4.66. The number of piperazine rings is 1. The summed E-state index contributed by atoms with van der Waals surface area (Å²) in [7, 11) is 0.00391. The minimum Gasteiger partial charge on any atom is -0.340 e. The van der Waals surface area contributed by atoms with Crippen LogP contribution in [-0.4, -0.2) is 87.3 Å². The van der Waals surface area contributed by atoms with Gasteiger partial charge in [0.05, 0.1) is 23.5 Å². The van der Waals surface area contributed by atoms with Crippen molar-refractivity contribution in [2.24, 2.45) is 20.0 Å². The first kappa shape index (κ1) is 22.9. The number of carbonyl (C=O) groups excluding carboxylic acids is 1. The van der Waals surface area contributed by atoms with E-state index < -0.39 is 10.0 Å². The Morgan fingerprint density at radius 1 is 1.12 bits per heavy atom. The predicted octanol–water partition coefficient (Wildman–Crippen LogP) is 0.516. The van der Waals surface area contributed by atoms with Crippen molar-refractivity contribution in [1.82, 2.24) is 33.7 Å². The Balaban J connectivity index is 1.36. The summed E-state index contributed by atoms with van der Waals surface area (Å²) in [6.45, 7) is 8.24. The molecule has 176 valence electrons. The fourth-order valence-corrected chi connectivity index (χ4v) is 6.37. The van der Waals surface area contributed by atoms with Crippen LogP contribution in [0.2, 0.25) is 0 Å². The third-order valence-electron chi connectivity index (χ3n) is 6.73. The summed E-state index contributed by atoms with van der Waals surface area (Å²) in [6, 6.07) is 0. The second kappa shape index (κ2) is 8.95. The number of piperidine rings is 1. The molecule has 0 spiro atoms. The van der Waals surface area contributed by atoms with Gasteiger partial charge in [-0.1, -0.05) is 0 Å². The summed E-state index contributed by atoms with van der Waals surface area (Å²) in [4.78, 5) is 17.7. The van der Waals surface area contributed by atoms with Crippen LogP contribution >= 0.6 is 0 Å². The highest BCUT2D eigenvalue weighted by atomic mass is 32.2. The van der Waals surface area contributed by atoms with Crippen LogP contribution < -0.4 is 0 Å². The van der Waals surface area contributed by atoms with Crippen molar-refractivity contribution in [3.05, 3.63) is 29.3 Å². The molecule has 1 atom stereocenters. The number of aromatic nitrogens is 4. The van der Waals surface area contributed by atoms with Gasteiger partial charge in [-0.05, 0) is 26.7 Å². The number of amides is 1. The molecule has 0 aliphatic carbocycles. The van der Waals surface area contributed by atoms with E-state index in [-0.39, 0.29) is 23.3 Å². The Labute approximate surface area is 189 Å². The average Bonchev–Trinajstić information content (AvgIpc) is 3.28. The quantitative estimate of drug-likeness (QED) is 0.641. The smallest absolute Gasteiger partial charge is 0.246 e. The minimum atomic E-state index is -3.65. The van der Waals surface area contributed by atoms with Crippen molar-refractivity contribution in [3.8, 4) is 0 Å². The van der Waals surface area contributed by atoms with E-state index in [4.69, 9.17) is 0 Å². The number of hydrogen-bond acceptors (Lipinski definition) is 6. The van der Waals surface area contributed by atoms with E-state index in [1.165, 1.54) is 16.1 Å². The molecule has 4 heterocycles. The highest BCUT2D eigenvalue weighted by Crippen LogP contribution is 2.27. The maximum atomic E-state index is 13.2. The molecule has 2 aliphatic heterocycles. The Hall–Kier alpha value is -2.24. The van der Waals surface area contributed by atoms with Crippen molar-refractivity contribution in [2.45, 2.75) is 38.1 Å². The lowest BCUT2D eigenvalue weighted by atomic mass is 9.97. The van der Waals surface area contributed by atoms with Crippen LogP contribution in [0.1, 0.15) is 29.8 Å². The van der Waals surface area contributed by atoms with Crippen LogP contribution in [0.15, 0.2) is 17.3 Å². The lowest BCUT2D eigenvalue weighted by molar-refractivity contribution is -0.138. The largest absolute Gasteiger partial charge is 0.340 e. The first-order valence-corrected chi connectivity index (χ1v) is 12.6. The lowest BCUT2D eigenvalue weighted by Gasteiger charge is -2.38. The van der Waals surface area contributed by atoms with Crippen LogP contribution in [0.5, 0.6) is 0 Å². The maximum Gasteiger partial charge on any atom is 0.246 e. The van der Waals surface area contributed by atoms with E-state index in [0.717, 1.165) is 31.7 Å². The first-order chi connectivity index (χ1) is 15.2. The lowest BCUT2D eigenvalue weighted by Crippen LogP contribution is -2.52. The van der Waals surface area contributed by atoms with E-state index in [2.05, 4.69) is 15.1 Å². The van der Waals surface area contributed by atoms with Crippen LogP contribution in [0.3, 0.4) is 0 Å². The van der Waals surface area contributed by atoms with Crippen LogP contribution in [0.4, 0.5) is 0 Å². The number of hydrogen-bond donors (Lipinski definition) is 0. The van der Waals surface area contributed by atoms with E-state index in [9.17, 15) is 13.2 Å². The maximum absolute atomic E-state index is 13.2. The van der Waals surface area contributed by atoms with Crippen LogP contribution in [0.25, 0.3) is 0 Å². The van der Waals surface area contributed by atoms with Crippen molar-refractivity contribution in [3.63, 3.8) is 0 Å². The molecule has 0 N–H and O–H groups in total. The Morgan fingerprint density at radius 3 is 2.44 bits per heavy atom. The van der Waals surface area contributed by atoms with E-state index >= 15 is 0 Å². The SMILES string of the molecule is Cc1nn(C)cc1CN1CCN(C(=O)[C@@H]2CCCN(S(=O)(=O)c3cnn(C)c3C)C2)CC1. The number of nitrogens with zero attached hydrogens (tertiary/aromatic N) is 7. The molecule has 2 saturated heterocycles. The van der Waals surface area contributed by atoms with Gasteiger partial charge in [0, 0.05) is 71.7 Å². The normalized spacial score (nSPS) is 21.2. The van der Waals surface area contributed by atoms with Gasteiger partial charge in [-0.25, -0.2) is 8.42 Å². The molecule has 10 nitrogen and oxygen atoms in total. The van der Waals surface area contributed by atoms with Gasteiger partial charge in [-0.2, -0.15) is 14.5 Å². The van der Waals surface area contributed by atoms with Gasteiger partial charge >= 0.3 is 0 Å². The third-order valence-corrected chi connectivity index (χ3v) is 8.70. The molecule has 2 aromatic heterocycles. The summed E-state index contributed by atoms with van der Waals surface area (Å²) in [5, 5.41) is 8.48. The van der Waals surface area contributed by atoms with Crippen LogP contribution in [0, 0.1) is 19.8 Å². The van der Waals surface area contributed by atoms with Gasteiger partial charge in [0.25, 0.3) is 0 Å². The second-order valence-corrected chi connectivity index (χ2v) is 10.8. The van der Waals surface area contributed by atoms with Crippen molar-refractivity contribution < 1.29 is 13.2 Å². The summed E-state index contributed by atoms with van der Waals surface area (Å²) in [5.74, 6) is -0.215. The van der Waals surface area contributed by atoms with Gasteiger partial charge in [0.15, 0.2) is 0 Å². The molecule has 0 bridgehead atoms. The summed E-state index contributed by atoms with van der Waals surface area (Å²) in [5.41, 5.74) is 2.86. The number of aryl methyl sites for hydroxylation is 3.